The van der Waals surface area contributed by atoms with Crippen molar-refractivity contribution in [3.8, 4) is 0 Å². The number of primary amides is 1. The molecule has 0 aromatic heterocycles. The van der Waals surface area contributed by atoms with Gasteiger partial charge in [0.05, 0.1) is 0 Å². The van der Waals surface area contributed by atoms with Crippen LogP contribution in [-0.4, -0.2) is 30.4 Å². The summed E-state index contributed by atoms with van der Waals surface area (Å²) in [4.78, 5) is 13.7. The lowest BCUT2D eigenvalue weighted by Crippen LogP contribution is -2.39. The zero-order valence-corrected chi connectivity index (χ0v) is 14.2. The number of hydrogen-bond acceptors (Lipinski definition) is 3. The number of nitrogens with zero attached hydrogens (tertiary/aromatic N) is 1. The largest absolute Gasteiger partial charge is 0.368 e. The number of carbonyl (C=O) groups excluding carboxylic acids is 1. The highest BCUT2D eigenvalue weighted by Crippen LogP contribution is 2.35. The molecule has 1 aliphatic heterocycles. The molecule has 2 unspecified atom stereocenters. The second-order valence-electron chi connectivity index (χ2n) is 5.71. The molecule has 0 spiro atoms. The molecular formula is C14H20BrClFN3O. The Morgan fingerprint density at radius 3 is 2.71 bits per heavy atom. The van der Waals surface area contributed by atoms with Crippen molar-refractivity contribution in [3.05, 3.63) is 34.1 Å². The van der Waals surface area contributed by atoms with Crippen molar-refractivity contribution in [2.75, 3.05) is 19.6 Å². The fraction of sp³-hybridized carbons (Fsp3) is 0.500. The van der Waals surface area contributed by atoms with Crippen molar-refractivity contribution in [1.29, 1.82) is 0 Å². The molecule has 1 fully saturated rings. The molecule has 118 valence electrons. The molecule has 0 saturated carbocycles. The molecule has 1 aliphatic rings. The summed E-state index contributed by atoms with van der Waals surface area (Å²) in [6.07, 6.45) is 0.880. The van der Waals surface area contributed by atoms with E-state index in [0.29, 0.717) is 29.7 Å². The molecule has 21 heavy (non-hydrogen) atoms. The van der Waals surface area contributed by atoms with E-state index in [2.05, 4.69) is 22.9 Å². The van der Waals surface area contributed by atoms with Gasteiger partial charge in [-0.25, -0.2) is 4.39 Å². The summed E-state index contributed by atoms with van der Waals surface area (Å²) in [5, 5.41) is 0. The summed E-state index contributed by atoms with van der Waals surface area (Å²) in [6.45, 7) is 3.95. The Kier molecular flexibility index (Phi) is 6.16. The Morgan fingerprint density at radius 2 is 2.24 bits per heavy atom. The molecule has 2 rings (SSSR count). The lowest BCUT2D eigenvalue weighted by molar-refractivity contribution is -0.123. The van der Waals surface area contributed by atoms with Crippen LogP contribution in [0.5, 0.6) is 0 Å². The summed E-state index contributed by atoms with van der Waals surface area (Å²) in [5.74, 6) is -0.961. The number of rotatable bonds is 4. The predicted octanol–water partition coefficient (Wildman–Crippen LogP) is 2.21. The van der Waals surface area contributed by atoms with Crippen LogP contribution >= 0.6 is 28.3 Å². The zero-order chi connectivity index (χ0) is 14.9. The van der Waals surface area contributed by atoms with Gasteiger partial charge in [0.1, 0.15) is 11.9 Å². The molecule has 0 radical (unpaired) electrons. The molecular weight excluding hydrogens is 361 g/mol. The van der Waals surface area contributed by atoms with Gasteiger partial charge in [0, 0.05) is 16.6 Å². The molecule has 1 amide bonds. The SMILES string of the molecule is CC1(CN)CCN(C(C(N)=O)c2ccc(Br)cc2F)C1.Cl. The molecule has 0 aliphatic carbocycles. The Balaban J connectivity index is 0.00000220. The van der Waals surface area contributed by atoms with E-state index in [0.717, 1.165) is 6.42 Å². The number of amides is 1. The van der Waals surface area contributed by atoms with Crippen LogP contribution in [0.1, 0.15) is 24.9 Å². The predicted molar refractivity (Wildman–Crippen MR) is 86.6 cm³/mol. The third-order valence-electron chi connectivity index (χ3n) is 3.97. The minimum atomic E-state index is -0.739. The Morgan fingerprint density at radius 1 is 1.57 bits per heavy atom. The van der Waals surface area contributed by atoms with Gasteiger partial charge in [0.2, 0.25) is 5.91 Å². The fourth-order valence-corrected chi connectivity index (χ4v) is 3.04. The Labute approximate surface area is 138 Å². The molecule has 1 heterocycles. The highest BCUT2D eigenvalue weighted by molar-refractivity contribution is 9.10. The van der Waals surface area contributed by atoms with Crippen molar-refractivity contribution in [3.63, 3.8) is 0 Å². The van der Waals surface area contributed by atoms with E-state index in [9.17, 15) is 9.18 Å². The standard InChI is InChI=1S/C14H19BrFN3O.ClH/c1-14(7-17)4-5-19(8-14)12(13(18)20)10-3-2-9(15)6-11(10)16;/h2-3,6,12H,4-5,7-8,17H2,1H3,(H2,18,20);1H. The van der Waals surface area contributed by atoms with Crippen molar-refractivity contribution >= 4 is 34.2 Å². The first-order valence-electron chi connectivity index (χ1n) is 6.55. The van der Waals surface area contributed by atoms with E-state index in [-0.39, 0.29) is 17.8 Å². The van der Waals surface area contributed by atoms with Gasteiger partial charge in [-0.1, -0.05) is 28.9 Å². The number of hydrogen-bond donors (Lipinski definition) is 2. The van der Waals surface area contributed by atoms with Gasteiger partial charge < -0.3 is 11.5 Å². The summed E-state index contributed by atoms with van der Waals surface area (Å²) in [5.41, 5.74) is 11.5. The highest BCUT2D eigenvalue weighted by atomic mass is 79.9. The van der Waals surface area contributed by atoms with Crippen LogP contribution in [0.25, 0.3) is 0 Å². The number of nitrogens with two attached hydrogens (primary N) is 2. The number of likely N-dealkylation sites (tertiary alicyclic amines) is 1. The molecule has 1 aromatic rings. The van der Waals surface area contributed by atoms with E-state index in [1.807, 2.05) is 4.90 Å². The first kappa shape index (κ1) is 18.4. The average molecular weight is 381 g/mol. The quantitative estimate of drug-likeness (QED) is 0.841. The maximum Gasteiger partial charge on any atom is 0.239 e. The molecule has 1 aromatic carbocycles. The van der Waals surface area contributed by atoms with Crippen LogP contribution < -0.4 is 11.5 Å². The van der Waals surface area contributed by atoms with Crippen LogP contribution in [0.15, 0.2) is 22.7 Å². The first-order chi connectivity index (χ1) is 9.36. The van der Waals surface area contributed by atoms with E-state index in [1.54, 1.807) is 12.1 Å². The second-order valence-corrected chi connectivity index (χ2v) is 6.62. The van der Waals surface area contributed by atoms with Crippen LogP contribution in [0.3, 0.4) is 0 Å². The number of carbonyl (C=O) groups is 1. The van der Waals surface area contributed by atoms with E-state index < -0.39 is 17.8 Å². The third kappa shape index (κ3) is 3.94. The minimum Gasteiger partial charge on any atom is -0.368 e. The maximum absolute atomic E-state index is 14.1. The lowest BCUT2D eigenvalue weighted by Gasteiger charge is -2.28. The van der Waals surface area contributed by atoms with Crippen LogP contribution in [-0.2, 0) is 4.79 Å². The Bertz CT molecular complexity index is 531. The fourth-order valence-electron chi connectivity index (χ4n) is 2.70. The van der Waals surface area contributed by atoms with Crippen LogP contribution in [0, 0.1) is 11.2 Å². The van der Waals surface area contributed by atoms with Gasteiger partial charge in [-0.05, 0) is 37.1 Å². The van der Waals surface area contributed by atoms with Gasteiger partial charge in [0.25, 0.3) is 0 Å². The van der Waals surface area contributed by atoms with Gasteiger partial charge in [-0.2, -0.15) is 0 Å². The number of halogens is 3. The molecule has 7 heteroatoms. The first-order valence-corrected chi connectivity index (χ1v) is 7.34. The second kappa shape index (κ2) is 7.05. The monoisotopic (exact) mass is 379 g/mol. The van der Waals surface area contributed by atoms with Gasteiger partial charge in [0.15, 0.2) is 0 Å². The van der Waals surface area contributed by atoms with Crippen molar-refractivity contribution in [1.82, 2.24) is 4.90 Å². The summed E-state index contributed by atoms with van der Waals surface area (Å²) in [6, 6.07) is 3.93. The topological polar surface area (TPSA) is 72.3 Å². The van der Waals surface area contributed by atoms with Crippen molar-refractivity contribution in [2.24, 2.45) is 16.9 Å². The van der Waals surface area contributed by atoms with Gasteiger partial charge >= 0.3 is 0 Å². The third-order valence-corrected chi connectivity index (χ3v) is 4.47. The molecule has 1 saturated heterocycles. The molecule has 4 nitrogen and oxygen atoms in total. The van der Waals surface area contributed by atoms with Crippen LogP contribution in [0.2, 0.25) is 0 Å². The van der Waals surface area contributed by atoms with Crippen LogP contribution in [0.4, 0.5) is 4.39 Å². The van der Waals surface area contributed by atoms with Crippen molar-refractivity contribution < 1.29 is 9.18 Å². The number of benzene rings is 1. The Hall–Kier alpha value is -0.690. The molecule has 2 atom stereocenters. The lowest BCUT2D eigenvalue weighted by atomic mass is 9.90. The zero-order valence-electron chi connectivity index (χ0n) is 11.8. The highest BCUT2D eigenvalue weighted by Gasteiger charge is 2.39. The summed E-state index contributed by atoms with van der Waals surface area (Å²) in [7, 11) is 0. The summed E-state index contributed by atoms with van der Waals surface area (Å²) < 4.78 is 14.7. The van der Waals surface area contributed by atoms with E-state index >= 15 is 0 Å². The van der Waals surface area contributed by atoms with E-state index in [1.165, 1.54) is 6.07 Å². The maximum atomic E-state index is 14.1. The average Bonchev–Trinajstić information content (AvgIpc) is 2.75. The van der Waals surface area contributed by atoms with Crippen molar-refractivity contribution in [2.45, 2.75) is 19.4 Å². The van der Waals surface area contributed by atoms with E-state index in [4.69, 9.17) is 11.5 Å². The molecule has 4 N–H and O–H groups in total. The summed E-state index contributed by atoms with van der Waals surface area (Å²) >= 11 is 3.21. The van der Waals surface area contributed by atoms with Gasteiger partial charge in [-0.15, -0.1) is 12.4 Å². The smallest absolute Gasteiger partial charge is 0.239 e. The molecule has 0 bridgehead atoms. The van der Waals surface area contributed by atoms with Gasteiger partial charge in [-0.3, -0.25) is 9.69 Å². The minimum absolute atomic E-state index is 0. The normalized spacial score (nSPS) is 23.6.